The molecule has 0 saturated heterocycles. The maximum atomic E-state index is 10.7. The number of aryl methyl sites for hydroxylation is 1. The summed E-state index contributed by atoms with van der Waals surface area (Å²) in [7, 11) is 0. The van der Waals surface area contributed by atoms with Gasteiger partial charge in [-0.2, -0.15) is 0 Å². The van der Waals surface area contributed by atoms with Crippen LogP contribution in [-0.4, -0.2) is 26.8 Å². The number of aliphatic carboxylic acids is 1. The zero-order valence-corrected chi connectivity index (χ0v) is 11.6. The Balaban J connectivity index is 2.23. The van der Waals surface area contributed by atoms with E-state index in [1.807, 2.05) is 31.2 Å². The first-order chi connectivity index (χ1) is 9.69. The Labute approximate surface area is 119 Å². The van der Waals surface area contributed by atoms with E-state index in [1.54, 1.807) is 0 Å². The number of thioether (sulfide) groups is 1. The maximum Gasteiger partial charge on any atom is 0.313 e. The minimum Gasteiger partial charge on any atom is -0.481 e. The summed E-state index contributed by atoms with van der Waals surface area (Å²) < 4.78 is 5.78. The number of carboxylic acid groups (broad SMARTS) is 1. The number of fused-ring (bicyclic) bond motifs is 3. The van der Waals surface area contributed by atoms with Gasteiger partial charge in [-0.3, -0.25) is 4.79 Å². The van der Waals surface area contributed by atoms with Crippen molar-refractivity contribution in [3.63, 3.8) is 0 Å². The Morgan fingerprint density at radius 1 is 1.35 bits per heavy atom. The van der Waals surface area contributed by atoms with Crippen LogP contribution in [-0.2, 0) is 11.2 Å². The molecule has 0 aliphatic carbocycles. The van der Waals surface area contributed by atoms with E-state index in [2.05, 4.69) is 9.97 Å². The van der Waals surface area contributed by atoms with Gasteiger partial charge in [0.2, 0.25) is 0 Å². The fourth-order valence-electron chi connectivity index (χ4n) is 2.00. The van der Waals surface area contributed by atoms with Crippen molar-refractivity contribution in [3.8, 4) is 0 Å². The van der Waals surface area contributed by atoms with E-state index in [0.29, 0.717) is 22.9 Å². The van der Waals surface area contributed by atoms with Crippen LogP contribution in [0.5, 0.6) is 0 Å². The number of para-hydroxylation sites is 1. The summed E-state index contributed by atoms with van der Waals surface area (Å²) in [4.78, 5) is 19.6. The highest BCUT2D eigenvalue weighted by atomic mass is 32.2. The third-order valence-corrected chi connectivity index (χ3v) is 3.82. The molecule has 2 aromatic heterocycles. The summed E-state index contributed by atoms with van der Waals surface area (Å²) in [5, 5.41) is 10.3. The van der Waals surface area contributed by atoms with E-state index in [1.165, 1.54) is 0 Å². The summed E-state index contributed by atoms with van der Waals surface area (Å²) in [5.74, 6) is -0.236. The van der Waals surface area contributed by atoms with Crippen LogP contribution < -0.4 is 0 Å². The molecule has 20 heavy (non-hydrogen) atoms. The molecule has 102 valence electrons. The Bertz CT molecular complexity index is 798. The number of hydrogen-bond acceptors (Lipinski definition) is 5. The highest BCUT2D eigenvalue weighted by Crippen LogP contribution is 2.33. The van der Waals surface area contributed by atoms with Crippen LogP contribution in [0.15, 0.2) is 33.7 Å². The second-order valence-electron chi connectivity index (χ2n) is 4.26. The fraction of sp³-hybridized carbons (Fsp3) is 0.214. The topological polar surface area (TPSA) is 76.2 Å². The zero-order valence-electron chi connectivity index (χ0n) is 10.8. The van der Waals surface area contributed by atoms with E-state index in [0.717, 1.165) is 28.2 Å². The Kier molecular flexibility index (Phi) is 3.31. The molecule has 1 N–H and O–H groups in total. The van der Waals surface area contributed by atoms with Gasteiger partial charge < -0.3 is 9.52 Å². The molecule has 0 spiro atoms. The van der Waals surface area contributed by atoms with E-state index >= 15 is 0 Å². The number of carboxylic acids is 1. The number of aromatic nitrogens is 2. The van der Waals surface area contributed by atoms with Crippen LogP contribution in [0, 0.1) is 0 Å². The molecule has 0 fully saturated rings. The Morgan fingerprint density at radius 2 is 2.15 bits per heavy atom. The summed E-state index contributed by atoms with van der Waals surface area (Å²) >= 11 is 1.16. The molecule has 0 unspecified atom stereocenters. The van der Waals surface area contributed by atoms with Gasteiger partial charge in [0.1, 0.15) is 22.0 Å². The normalized spacial score (nSPS) is 11.2. The van der Waals surface area contributed by atoms with Crippen LogP contribution in [0.1, 0.15) is 12.7 Å². The van der Waals surface area contributed by atoms with Crippen LogP contribution >= 0.6 is 11.8 Å². The van der Waals surface area contributed by atoms with Crippen molar-refractivity contribution < 1.29 is 14.3 Å². The van der Waals surface area contributed by atoms with Crippen molar-refractivity contribution in [3.05, 3.63) is 30.1 Å². The van der Waals surface area contributed by atoms with E-state index < -0.39 is 5.97 Å². The average molecular weight is 288 g/mol. The largest absolute Gasteiger partial charge is 0.481 e. The predicted octanol–water partition coefficient (Wildman–Crippen LogP) is 3.12. The van der Waals surface area contributed by atoms with Gasteiger partial charge >= 0.3 is 5.97 Å². The van der Waals surface area contributed by atoms with E-state index in [9.17, 15) is 4.79 Å². The first kappa shape index (κ1) is 12.9. The lowest BCUT2D eigenvalue weighted by molar-refractivity contribution is -0.133. The van der Waals surface area contributed by atoms with Crippen LogP contribution in [0.3, 0.4) is 0 Å². The standard InChI is InChI=1S/C14H12N2O3S/c1-2-10-15-12-8-5-3-4-6-9(8)19-13(12)14(16-10)20-7-11(17)18/h3-6H,2,7H2,1H3,(H,17,18). The Hall–Kier alpha value is -2.08. The lowest BCUT2D eigenvalue weighted by Gasteiger charge is -2.02. The molecule has 1 aromatic carbocycles. The second-order valence-corrected chi connectivity index (χ2v) is 5.22. The highest BCUT2D eigenvalue weighted by Gasteiger charge is 2.16. The summed E-state index contributed by atoms with van der Waals surface area (Å²) in [5.41, 5.74) is 2.05. The minimum atomic E-state index is -0.879. The molecule has 3 aromatic rings. The zero-order chi connectivity index (χ0) is 14.1. The van der Waals surface area contributed by atoms with Crippen molar-refractivity contribution in [2.75, 3.05) is 5.75 Å². The van der Waals surface area contributed by atoms with E-state index in [4.69, 9.17) is 9.52 Å². The number of hydrogen-bond donors (Lipinski definition) is 1. The lowest BCUT2D eigenvalue weighted by Crippen LogP contribution is -2.00. The number of furan rings is 1. The molecule has 0 bridgehead atoms. The average Bonchev–Trinajstić information content (AvgIpc) is 2.83. The highest BCUT2D eigenvalue weighted by molar-refractivity contribution is 8.00. The van der Waals surface area contributed by atoms with Crippen molar-refractivity contribution in [1.82, 2.24) is 9.97 Å². The number of rotatable bonds is 4. The first-order valence-corrected chi connectivity index (χ1v) is 7.20. The van der Waals surface area contributed by atoms with Gasteiger partial charge in [0.05, 0.1) is 5.75 Å². The van der Waals surface area contributed by atoms with Gasteiger partial charge in [-0.1, -0.05) is 30.8 Å². The van der Waals surface area contributed by atoms with Gasteiger partial charge in [-0.15, -0.1) is 0 Å². The van der Waals surface area contributed by atoms with Gasteiger partial charge in [-0.05, 0) is 12.1 Å². The van der Waals surface area contributed by atoms with Crippen LogP contribution in [0.2, 0.25) is 0 Å². The summed E-state index contributed by atoms with van der Waals surface area (Å²) in [6.45, 7) is 1.97. The summed E-state index contributed by atoms with van der Waals surface area (Å²) in [6.07, 6.45) is 0.691. The number of benzene rings is 1. The molecular weight excluding hydrogens is 276 g/mol. The second kappa shape index (κ2) is 5.13. The molecule has 3 rings (SSSR count). The van der Waals surface area contributed by atoms with Crippen LogP contribution in [0.4, 0.5) is 0 Å². The third kappa shape index (κ3) is 2.22. The van der Waals surface area contributed by atoms with Crippen molar-refractivity contribution >= 4 is 39.8 Å². The molecule has 6 heteroatoms. The summed E-state index contributed by atoms with van der Waals surface area (Å²) in [6, 6.07) is 7.63. The lowest BCUT2D eigenvalue weighted by atomic mass is 10.2. The number of carbonyl (C=O) groups is 1. The predicted molar refractivity (Wildman–Crippen MR) is 77.0 cm³/mol. The monoisotopic (exact) mass is 288 g/mol. The molecule has 5 nitrogen and oxygen atoms in total. The molecule has 2 heterocycles. The maximum absolute atomic E-state index is 10.7. The molecule has 0 aliphatic heterocycles. The quantitative estimate of drug-likeness (QED) is 0.587. The van der Waals surface area contributed by atoms with Crippen molar-refractivity contribution in [1.29, 1.82) is 0 Å². The molecule has 0 aliphatic rings. The molecule has 0 radical (unpaired) electrons. The van der Waals surface area contributed by atoms with Gasteiger partial charge in [-0.25, -0.2) is 9.97 Å². The first-order valence-electron chi connectivity index (χ1n) is 6.21. The van der Waals surface area contributed by atoms with Crippen molar-refractivity contribution in [2.45, 2.75) is 18.4 Å². The van der Waals surface area contributed by atoms with Gasteiger partial charge in [0.15, 0.2) is 5.58 Å². The molecule has 0 amide bonds. The Morgan fingerprint density at radius 3 is 2.90 bits per heavy atom. The molecular formula is C14H12N2O3S. The minimum absolute atomic E-state index is 0.0493. The van der Waals surface area contributed by atoms with Gasteiger partial charge in [0.25, 0.3) is 0 Å². The SMILES string of the molecule is CCc1nc(SCC(=O)O)c2oc3ccccc3c2n1. The molecule has 0 saturated carbocycles. The van der Waals surface area contributed by atoms with Crippen molar-refractivity contribution in [2.24, 2.45) is 0 Å². The fourth-order valence-corrected chi connectivity index (χ4v) is 2.70. The van der Waals surface area contributed by atoms with Gasteiger partial charge in [0, 0.05) is 11.8 Å². The van der Waals surface area contributed by atoms with Crippen LogP contribution in [0.25, 0.3) is 22.1 Å². The van der Waals surface area contributed by atoms with E-state index in [-0.39, 0.29) is 5.75 Å². The third-order valence-electron chi connectivity index (χ3n) is 2.88. The smallest absolute Gasteiger partial charge is 0.313 e. The molecule has 0 atom stereocenters. The number of nitrogens with zero attached hydrogens (tertiary/aromatic N) is 2.